The Morgan fingerprint density at radius 2 is 2.05 bits per heavy atom. The first-order valence-electron chi connectivity index (χ1n) is 6.59. The first-order chi connectivity index (χ1) is 10.1. The lowest BCUT2D eigenvalue weighted by molar-refractivity contribution is 0.0949. The van der Waals surface area contributed by atoms with Crippen molar-refractivity contribution in [3.63, 3.8) is 0 Å². The van der Waals surface area contributed by atoms with E-state index in [4.69, 9.17) is 11.6 Å². The van der Waals surface area contributed by atoms with E-state index in [1.165, 1.54) is 0 Å². The van der Waals surface area contributed by atoms with Gasteiger partial charge in [0.25, 0.3) is 5.91 Å². The lowest BCUT2D eigenvalue weighted by atomic mass is 10.2. The second-order valence-electron chi connectivity index (χ2n) is 4.77. The van der Waals surface area contributed by atoms with E-state index < -0.39 is 0 Å². The van der Waals surface area contributed by atoms with E-state index >= 15 is 0 Å². The van der Waals surface area contributed by atoms with Crippen LogP contribution < -0.4 is 5.32 Å². The molecule has 0 aliphatic rings. The highest BCUT2D eigenvalue weighted by atomic mass is 35.5. The zero-order valence-electron chi connectivity index (χ0n) is 11.5. The normalized spacial score (nSPS) is 10.8. The van der Waals surface area contributed by atoms with Gasteiger partial charge in [0.15, 0.2) is 0 Å². The van der Waals surface area contributed by atoms with Crippen LogP contribution in [0.15, 0.2) is 48.5 Å². The fraction of sp³-hybridized carbons (Fsp3) is 0.125. The molecule has 0 saturated carbocycles. The zero-order valence-corrected chi connectivity index (χ0v) is 12.3. The van der Waals surface area contributed by atoms with Crippen molar-refractivity contribution < 1.29 is 4.79 Å². The molecule has 0 aliphatic carbocycles. The third-order valence-electron chi connectivity index (χ3n) is 3.37. The fourth-order valence-corrected chi connectivity index (χ4v) is 2.43. The van der Waals surface area contributed by atoms with Crippen LogP contribution in [0, 0.1) is 0 Å². The van der Waals surface area contributed by atoms with Gasteiger partial charge >= 0.3 is 0 Å². The molecule has 21 heavy (non-hydrogen) atoms. The minimum Gasteiger partial charge on any atom is -0.345 e. The van der Waals surface area contributed by atoms with Gasteiger partial charge in [0.05, 0.1) is 17.6 Å². The number of nitrogens with one attached hydrogen (secondary N) is 1. The molecule has 0 fully saturated rings. The molecule has 0 unspecified atom stereocenters. The monoisotopic (exact) mass is 299 g/mol. The number of imidazole rings is 1. The predicted molar refractivity (Wildman–Crippen MR) is 83.3 cm³/mol. The molecule has 1 heterocycles. The maximum atomic E-state index is 12.1. The smallest absolute Gasteiger partial charge is 0.251 e. The van der Waals surface area contributed by atoms with Gasteiger partial charge in [0.2, 0.25) is 0 Å². The van der Waals surface area contributed by atoms with Gasteiger partial charge in [-0.05, 0) is 30.3 Å². The van der Waals surface area contributed by atoms with Gasteiger partial charge < -0.3 is 9.88 Å². The SMILES string of the molecule is Cn1c(CNC(=O)c2cccc(Cl)c2)nc2ccccc21. The number of amides is 1. The third-order valence-corrected chi connectivity index (χ3v) is 3.61. The van der Waals surface area contributed by atoms with Gasteiger partial charge in [0, 0.05) is 17.6 Å². The standard InChI is InChI=1S/C16H14ClN3O/c1-20-14-8-3-2-7-13(14)19-15(20)10-18-16(21)11-5-4-6-12(17)9-11/h2-9H,10H2,1H3,(H,18,21). The number of halogens is 1. The van der Waals surface area contributed by atoms with E-state index in [2.05, 4.69) is 10.3 Å². The Balaban J connectivity index is 1.77. The first-order valence-corrected chi connectivity index (χ1v) is 6.97. The highest BCUT2D eigenvalue weighted by Gasteiger charge is 2.10. The number of carbonyl (C=O) groups is 1. The number of carbonyl (C=O) groups excluding carboxylic acids is 1. The van der Waals surface area contributed by atoms with Crippen LogP contribution in [0.1, 0.15) is 16.2 Å². The molecule has 1 N–H and O–H groups in total. The van der Waals surface area contributed by atoms with E-state index in [0.717, 1.165) is 16.9 Å². The molecule has 0 radical (unpaired) electrons. The molecule has 0 saturated heterocycles. The summed E-state index contributed by atoms with van der Waals surface area (Å²) in [5.74, 6) is 0.649. The van der Waals surface area contributed by atoms with Gasteiger partial charge in [-0.1, -0.05) is 29.8 Å². The molecule has 2 aromatic carbocycles. The molecule has 1 aromatic heterocycles. The van der Waals surface area contributed by atoms with E-state index in [9.17, 15) is 4.79 Å². The van der Waals surface area contributed by atoms with Crippen molar-refractivity contribution in [2.45, 2.75) is 6.54 Å². The summed E-state index contributed by atoms with van der Waals surface area (Å²) in [5.41, 5.74) is 2.51. The van der Waals surface area contributed by atoms with Crippen molar-refractivity contribution in [3.05, 3.63) is 64.9 Å². The van der Waals surface area contributed by atoms with Crippen molar-refractivity contribution in [2.75, 3.05) is 0 Å². The van der Waals surface area contributed by atoms with Gasteiger partial charge in [-0.15, -0.1) is 0 Å². The Bertz CT molecular complexity index is 810. The van der Waals surface area contributed by atoms with Crippen molar-refractivity contribution in [3.8, 4) is 0 Å². The summed E-state index contributed by atoms with van der Waals surface area (Å²) >= 11 is 5.89. The van der Waals surface area contributed by atoms with Crippen LogP contribution in [0.5, 0.6) is 0 Å². The van der Waals surface area contributed by atoms with Gasteiger partial charge in [-0.2, -0.15) is 0 Å². The average Bonchev–Trinajstić information content (AvgIpc) is 2.82. The quantitative estimate of drug-likeness (QED) is 0.807. The molecule has 3 aromatic rings. The van der Waals surface area contributed by atoms with Gasteiger partial charge in [-0.3, -0.25) is 4.79 Å². The van der Waals surface area contributed by atoms with E-state index in [1.54, 1.807) is 24.3 Å². The lowest BCUT2D eigenvalue weighted by Crippen LogP contribution is -2.24. The number of hydrogen-bond donors (Lipinski definition) is 1. The van der Waals surface area contributed by atoms with Crippen molar-refractivity contribution in [1.29, 1.82) is 0 Å². The number of aromatic nitrogens is 2. The Kier molecular flexibility index (Phi) is 3.62. The summed E-state index contributed by atoms with van der Waals surface area (Å²) in [6.45, 7) is 0.372. The highest BCUT2D eigenvalue weighted by molar-refractivity contribution is 6.30. The van der Waals surface area contributed by atoms with Gasteiger partial charge in [-0.25, -0.2) is 4.98 Å². The number of fused-ring (bicyclic) bond motifs is 1. The van der Waals surface area contributed by atoms with E-state index in [0.29, 0.717) is 17.1 Å². The number of benzene rings is 2. The van der Waals surface area contributed by atoms with Crippen LogP contribution in [0.2, 0.25) is 5.02 Å². The second kappa shape index (κ2) is 5.58. The topological polar surface area (TPSA) is 46.9 Å². The Morgan fingerprint density at radius 1 is 1.24 bits per heavy atom. The molecule has 3 rings (SSSR count). The molecule has 1 amide bonds. The summed E-state index contributed by atoms with van der Waals surface area (Å²) in [7, 11) is 1.94. The molecule has 0 spiro atoms. The molecule has 0 aliphatic heterocycles. The van der Waals surface area contributed by atoms with Crippen LogP contribution in [-0.2, 0) is 13.6 Å². The molecule has 4 nitrogen and oxygen atoms in total. The molecule has 0 atom stereocenters. The molecular formula is C16H14ClN3O. The molecule has 106 valence electrons. The number of nitrogens with zero attached hydrogens (tertiary/aromatic N) is 2. The predicted octanol–water partition coefficient (Wildman–Crippen LogP) is 3.16. The maximum absolute atomic E-state index is 12.1. The summed E-state index contributed by atoms with van der Waals surface area (Å²) in [6.07, 6.45) is 0. The van der Waals surface area contributed by atoms with Gasteiger partial charge in [0.1, 0.15) is 5.82 Å². The summed E-state index contributed by atoms with van der Waals surface area (Å²) in [6, 6.07) is 14.8. The summed E-state index contributed by atoms with van der Waals surface area (Å²) in [5, 5.41) is 3.41. The fourth-order valence-electron chi connectivity index (χ4n) is 2.24. The van der Waals surface area contributed by atoms with Crippen molar-refractivity contribution in [1.82, 2.24) is 14.9 Å². The van der Waals surface area contributed by atoms with Crippen LogP contribution in [-0.4, -0.2) is 15.5 Å². The van der Waals surface area contributed by atoms with Crippen molar-refractivity contribution in [2.24, 2.45) is 7.05 Å². The number of hydrogen-bond acceptors (Lipinski definition) is 2. The Morgan fingerprint density at radius 3 is 2.81 bits per heavy atom. The summed E-state index contributed by atoms with van der Waals surface area (Å²) in [4.78, 5) is 16.6. The molecular weight excluding hydrogens is 286 g/mol. The highest BCUT2D eigenvalue weighted by Crippen LogP contribution is 2.14. The number of para-hydroxylation sites is 2. The number of aryl methyl sites for hydroxylation is 1. The van der Waals surface area contributed by atoms with Crippen LogP contribution in [0.25, 0.3) is 11.0 Å². The van der Waals surface area contributed by atoms with Crippen LogP contribution in [0.4, 0.5) is 0 Å². The first kappa shape index (κ1) is 13.6. The third kappa shape index (κ3) is 2.76. The maximum Gasteiger partial charge on any atom is 0.251 e. The van der Waals surface area contributed by atoms with Crippen LogP contribution in [0.3, 0.4) is 0 Å². The van der Waals surface area contributed by atoms with Crippen LogP contribution >= 0.6 is 11.6 Å². The Hall–Kier alpha value is -2.33. The number of rotatable bonds is 3. The van der Waals surface area contributed by atoms with E-state index in [-0.39, 0.29) is 5.91 Å². The Labute approximate surface area is 127 Å². The minimum atomic E-state index is -0.162. The molecule has 0 bridgehead atoms. The zero-order chi connectivity index (χ0) is 14.8. The van der Waals surface area contributed by atoms with E-state index in [1.807, 2.05) is 35.9 Å². The summed E-state index contributed by atoms with van der Waals surface area (Å²) < 4.78 is 1.98. The largest absolute Gasteiger partial charge is 0.345 e. The van der Waals surface area contributed by atoms with Crippen molar-refractivity contribution >= 4 is 28.5 Å². The second-order valence-corrected chi connectivity index (χ2v) is 5.21. The molecule has 5 heteroatoms. The minimum absolute atomic E-state index is 0.162. The average molecular weight is 300 g/mol. The lowest BCUT2D eigenvalue weighted by Gasteiger charge is -2.06.